The molecular weight excluding hydrogens is 216 g/mol. The van der Waals surface area contributed by atoms with Crippen LogP contribution in [0.5, 0.6) is 5.75 Å². The summed E-state index contributed by atoms with van der Waals surface area (Å²) in [6, 6.07) is 3.86. The standard InChI is InChI=1S/C13H16N2O2/c16-12-10(6-9-2-1-5-14-7-9)3-4-11-13(12)17-8-15-11/h3-4,8-9,14,16H,1-2,5-7H2. The SMILES string of the molecule is Oc1c(CC2CCCNC2)ccc2ncoc12. The summed E-state index contributed by atoms with van der Waals surface area (Å²) in [5, 5.41) is 13.5. The van der Waals surface area contributed by atoms with Gasteiger partial charge in [-0.2, -0.15) is 0 Å². The third-order valence-electron chi connectivity index (χ3n) is 3.46. The summed E-state index contributed by atoms with van der Waals surface area (Å²) in [7, 11) is 0. The van der Waals surface area contributed by atoms with Crippen LogP contribution in [0.15, 0.2) is 22.9 Å². The lowest BCUT2D eigenvalue weighted by molar-refractivity contribution is 0.369. The second-order valence-corrected chi connectivity index (χ2v) is 4.69. The van der Waals surface area contributed by atoms with Crippen molar-refractivity contribution in [2.45, 2.75) is 19.3 Å². The van der Waals surface area contributed by atoms with Crippen LogP contribution in [0.2, 0.25) is 0 Å². The van der Waals surface area contributed by atoms with Crippen LogP contribution in [0.3, 0.4) is 0 Å². The van der Waals surface area contributed by atoms with E-state index in [0.717, 1.165) is 25.1 Å². The van der Waals surface area contributed by atoms with Gasteiger partial charge in [0.2, 0.25) is 0 Å². The molecule has 0 radical (unpaired) electrons. The molecule has 4 nitrogen and oxygen atoms in total. The van der Waals surface area contributed by atoms with Crippen molar-refractivity contribution in [1.29, 1.82) is 0 Å². The molecule has 1 aliphatic heterocycles. The van der Waals surface area contributed by atoms with Crippen molar-refractivity contribution in [2.24, 2.45) is 5.92 Å². The summed E-state index contributed by atoms with van der Waals surface area (Å²) in [5.74, 6) is 0.862. The van der Waals surface area contributed by atoms with Crippen molar-refractivity contribution in [3.8, 4) is 5.75 Å². The molecule has 2 heterocycles. The molecule has 4 heteroatoms. The molecule has 2 N–H and O–H groups in total. The zero-order valence-electron chi connectivity index (χ0n) is 9.65. The number of oxazole rings is 1. The van der Waals surface area contributed by atoms with Crippen LogP contribution >= 0.6 is 0 Å². The number of benzene rings is 1. The smallest absolute Gasteiger partial charge is 0.196 e. The van der Waals surface area contributed by atoms with Crippen LogP contribution in [0, 0.1) is 5.92 Å². The number of nitrogens with zero attached hydrogens (tertiary/aromatic N) is 1. The zero-order chi connectivity index (χ0) is 11.7. The van der Waals surface area contributed by atoms with Gasteiger partial charge in [-0.15, -0.1) is 0 Å². The number of aromatic hydroxyl groups is 1. The van der Waals surface area contributed by atoms with Crippen LogP contribution in [-0.4, -0.2) is 23.2 Å². The maximum atomic E-state index is 10.1. The van der Waals surface area contributed by atoms with Gasteiger partial charge in [-0.1, -0.05) is 6.07 Å². The molecule has 3 rings (SSSR count). The number of nitrogens with one attached hydrogen (secondary N) is 1. The molecule has 1 fully saturated rings. The molecule has 1 unspecified atom stereocenters. The lowest BCUT2D eigenvalue weighted by Crippen LogP contribution is -2.30. The molecule has 1 saturated heterocycles. The third-order valence-corrected chi connectivity index (χ3v) is 3.46. The van der Waals surface area contributed by atoms with Crippen molar-refractivity contribution >= 4 is 11.1 Å². The second-order valence-electron chi connectivity index (χ2n) is 4.69. The number of aromatic nitrogens is 1. The van der Waals surface area contributed by atoms with Gasteiger partial charge in [-0.3, -0.25) is 0 Å². The number of hydrogen-bond acceptors (Lipinski definition) is 4. The fourth-order valence-corrected chi connectivity index (χ4v) is 2.53. The number of rotatable bonds is 2. The van der Waals surface area contributed by atoms with Gasteiger partial charge < -0.3 is 14.8 Å². The summed E-state index contributed by atoms with van der Waals surface area (Å²) in [6.07, 6.45) is 4.71. The number of hydrogen-bond donors (Lipinski definition) is 2. The van der Waals surface area contributed by atoms with Gasteiger partial charge in [0, 0.05) is 0 Å². The molecule has 0 spiro atoms. The Kier molecular flexibility index (Phi) is 2.73. The summed E-state index contributed by atoms with van der Waals surface area (Å²) in [5.41, 5.74) is 2.18. The van der Waals surface area contributed by atoms with Crippen molar-refractivity contribution in [3.63, 3.8) is 0 Å². The maximum absolute atomic E-state index is 10.1. The molecule has 1 aliphatic rings. The predicted octanol–water partition coefficient (Wildman–Crippen LogP) is 2.08. The van der Waals surface area contributed by atoms with Gasteiger partial charge in [0.1, 0.15) is 5.52 Å². The van der Waals surface area contributed by atoms with Crippen molar-refractivity contribution in [1.82, 2.24) is 10.3 Å². The Labute approximate surface area is 99.7 Å². The van der Waals surface area contributed by atoms with Crippen LogP contribution in [-0.2, 0) is 6.42 Å². The van der Waals surface area contributed by atoms with E-state index < -0.39 is 0 Å². The number of fused-ring (bicyclic) bond motifs is 1. The quantitative estimate of drug-likeness (QED) is 0.832. The molecule has 1 atom stereocenters. The van der Waals surface area contributed by atoms with E-state index in [-0.39, 0.29) is 5.75 Å². The van der Waals surface area contributed by atoms with E-state index in [0.29, 0.717) is 17.0 Å². The van der Waals surface area contributed by atoms with E-state index in [9.17, 15) is 5.11 Å². The van der Waals surface area contributed by atoms with Gasteiger partial charge in [0.05, 0.1) is 0 Å². The minimum atomic E-state index is 0.255. The highest BCUT2D eigenvalue weighted by Crippen LogP contribution is 2.30. The average Bonchev–Trinajstić information content (AvgIpc) is 2.83. The Morgan fingerprint density at radius 3 is 3.24 bits per heavy atom. The molecular formula is C13H16N2O2. The predicted molar refractivity (Wildman–Crippen MR) is 65.0 cm³/mol. The Balaban J connectivity index is 1.86. The van der Waals surface area contributed by atoms with Crippen molar-refractivity contribution in [3.05, 3.63) is 24.1 Å². The number of piperidine rings is 1. The molecule has 17 heavy (non-hydrogen) atoms. The minimum absolute atomic E-state index is 0.255. The third kappa shape index (κ3) is 2.00. The first-order valence-electron chi connectivity index (χ1n) is 6.09. The van der Waals surface area contributed by atoms with Gasteiger partial charge >= 0.3 is 0 Å². The largest absolute Gasteiger partial charge is 0.504 e. The Bertz CT molecular complexity index is 515. The van der Waals surface area contributed by atoms with Crippen LogP contribution < -0.4 is 5.32 Å². The molecule has 0 aliphatic carbocycles. The fraction of sp³-hybridized carbons (Fsp3) is 0.462. The normalized spacial score (nSPS) is 20.8. The lowest BCUT2D eigenvalue weighted by atomic mass is 9.92. The van der Waals surface area contributed by atoms with Gasteiger partial charge in [0.15, 0.2) is 17.7 Å². The van der Waals surface area contributed by atoms with Gasteiger partial charge in [0.25, 0.3) is 0 Å². The Morgan fingerprint density at radius 2 is 2.41 bits per heavy atom. The zero-order valence-corrected chi connectivity index (χ0v) is 9.65. The van der Waals surface area contributed by atoms with E-state index >= 15 is 0 Å². The first kappa shape index (κ1) is 10.6. The van der Waals surface area contributed by atoms with Gasteiger partial charge in [-0.05, 0) is 49.9 Å². The van der Waals surface area contributed by atoms with Crippen LogP contribution in [0.25, 0.3) is 11.1 Å². The molecule has 90 valence electrons. The molecule has 1 aromatic heterocycles. The average molecular weight is 232 g/mol. The molecule has 0 amide bonds. The van der Waals surface area contributed by atoms with E-state index in [4.69, 9.17) is 4.42 Å². The molecule has 0 bridgehead atoms. The highest BCUT2D eigenvalue weighted by Gasteiger charge is 2.17. The summed E-state index contributed by atoms with van der Waals surface area (Å²) >= 11 is 0. The van der Waals surface area contributed by atoms with Gasteiger partial charge in [-0.25, -0.2) is 4.98 Å². The second kappa shape index (κ2) is 4.37. The number of phenols is 1. The van der Waals surface area contributed by atoms with E-state index in [1.54, 1.807) is 0 Å². The van der Waals surface area contributed by atoms with Crippen LogP contribution in [0.1, 0.15) is 18.4 Å². The first-order valence-corrected chi connectivity index (χ1v) is 6.09. The van der Waals surface area contributed by atoms with E-state index in [1.165, 1.54) is 19.2 Å². The fourth-order valence-electron chi connectivity index (χ4n) is 2.53. The Hall–Kier alpha value is -1.55. The highest BCUT2D eigenvalue weighted by molar-refractivity contribution is 5.80. The lowest BCUT2D eigenvalue weighted by Gasteiger charge is -2.22. The van der Waals surface area contributed by atoms with Crippen LogP contribution in [0.4, 0.5) is 0 Å². The monoisotopic (exact) mass is 232 g/mol. The first-order chi connectivity index (χ1) is 8.34. The molecule has 2 aromatic rings. The summed E-state index contributed by atoms with van der Waals surface area (Å²) in [6.45, 7) is 2.15. The Morgan fingerprint density at radius 1 is 1.47 bits per heavy atom. The minimum Gasteiger partial charge on any atom is -0.504 e. The van der Waals surface area contributed by atoms with E-state index in [2.05, 4.69) is 10.3 Å². The molecule has 0 saturated carbocycles. The maximum Gasteiger partial charge on any atom is 0.196 e. The molecule has 1 aromatic carbocycles. The number of phenolic OH excluding ortho intramolecular Hbond substituents is 1. The topological polar surface area (TPSA) is 58.3 Å². The summed E-state index contributed by atoms with van der Waals surface area (Å²) < 4.78 is 5.20. The van der Waals surface area contributed by atoms with E-state index in [1.807, 2.05) is 12.1 Å². The summed E-state index contributed by atoms with van der Waals surface area (Å²) in [4.78, 5) is 4.03. The highest BCUT2D eigenvalue weighted by atomic mass is 16.4. The van der Waals surface area contributed by atoms with Crippen molar-refractivity contribution in [2.75, 3.05) is 13.1 Å². The van der Waals surface area contributed by atoms with Crippen molar-refractivity contribution < 1.29 is 9.52 Å².